The van der Waals surface area contributed by atoms with Crippen LogP contribution in [0.1, 0.15) is 42.7 Å². The van der Waals surface area contributed by atoms with E-state index in [4.69, 9.17) is 17.3 Å². The first-order valence-corrected chi connectivity index (χ1v) is 7.43. The summed E-state index contributed by atoms with van der Waals surface area (Å²) < 4.78 is 0. The van der Waals surface area contributed by atoms with E-state index in [1.165, 1.54) is 12.3 Å². The van der Waals surface area contributed by atoms with Crippen LogP contribution in [0.4, 0.5) is 5.82 Å². The predicted octanol–water partition coefficient (Wildman–Crippen LogP) is 4.03. The standard InChI is InChI=1S/C17H20ClN3O/c1-17(2,3)14(11-7-5-4-6-8-11)21-16-13(18)9-12(10-20-16)15(19)22/h4-10,14H,1-3H3,(H2,19,22)(H,20,21). The summed E-state index contributed by atoms with van der Waals surface area (Å²) in [6, 6.07) is 11.7. The fourth-order valence-corrected chi connectivity index (χ4v) is 2.48. The Morgan fingerprint density at radius 3 is 2.41 bits per heavy atom. The molecule has 1 unspecified atom stereocenters. The van der Waals surface area contributed by atoms with Gasteiger partial charge in [0.25, 0.3) is 0 Å². The Labute approximate surface area is 135 Å². The van der Waals surface area contributed by atoms with E-state index in [0.29, 0.717) is 16.4 Å². The third-order valence-corrected chi connectivity index (χ3v) is 3.69. The molecule has 0 saturated heterocycles. The Morgan fingerprint density at radius 2 is 1.91 bits per heavy atom. The molecule has 1 aromatic heterocycles. The van der Waals surface area contributed by atoms with Crippen molar-refractivity contribution in [2.75, 3.05) is 5.32 Å². The monoisotopic (exact) mass is 317 g/mol. The zero-order valence-electron chi connectivity index (χ0n) is 12.9. The first-order chi connectivity index (χ1) is 10.3. The molecular weight excluding hydrogens is 298 g/mol. The van der Waals surface area contributed by atoms with E-state index in [-0.39, 0.29) is 11.5 Å². The van der Waals surface area contributed by atoms with Crippen molar-refractivity contribution in [3.63, 3.8) is 0 Å². The first-order valence-electron chi connectivity index (χ1n) is 7.06. The number of primary amides is 1. The van der Waals surface area contributed by atoms with Gasteiger partial charge in [0.05, 0.1) is 16.6 Å². The van der Waals surface area contributed by atoms with Crippen LogP contribution in [-0.4, -0.2) is 10.9 Å². The molecule has 116 valence electrons. The topological polar surface area (TPSA) is 68.0 Å². The number of amides is 1. The summed E-state index contributed by atoms with van der Waals surface area (Å²) in [7, 11) is 0. The molecule has 0 fully saturated rings. The summed E-state index contributed by atoms with van der Waals surface area (Å²) in [4.78, 5) is 15.4. The number of carbonyl (C=O) groups is 1. The van der Waals surface area contributed by atoms with Crippen LogP contribution in [-0.2, 0) is 0 Å². The molecule has 2 aromatic rings. The lowest BCUT2D eigenvalue weighted by molar-refractivity contribution is 0.1000. The predicted molar refractivity (Wildman–Crippen MR) is 90.0 cm³/mol. The van der Waals surface area contributed by atoms with Crippen molar-refractivity contribution < 1.29 is 4.79 Å². The highest BCUT2D eigenvalue weighted by Gasteiger charge is 2.27. The summed E-state index contributed by atoms with van der Waals surface area (Å²) in [5.74, 6) is -0.00757. The normalized spacial score (nSPS) is 12.7. The number of anilines is 1. The van der Waals surface area contributed by atoms with E-state index in [2.05, 4.69) is 43.2 Å². The lowest BCUT2D eigenvalue weighted by Crippen LogP contribution is -2.26. The van der Waals surface area contributed by atoms with E-state index in [9.17, 15) is 4.79 Å². The van der Waals surface area contributed by atoms with Crippen LogP contribution < -0.4 is 11.1 Å². The quantitative estimate of drug-likeness (QED) is 0.894. The molecule has 0 aliphatic rings. The van der Waals surface area contributed by atoms with Crippen molar-refractivity contribution in [1.29, 1.82) is 0 Å². The van der Waals surface area contributed by atoms with Gasteiger partial charge in [-0.3, -0.25) is 4.79 Å². The van der Waals surface area contributed by atoms with E-state index in [1.807, 2.05) is 18.2 Å². The number of pyridine rings is 1. The maximum atomic E-state index is 11.2. The Kier molecular flexibility index (Phi) is 4.71. The summed E-state index contributed by atoms with van der Waals surface area (Å²) in [5.41, 5.74) is 6.63. The summed E-state index contributed by atoms with van der Waals surface area (Å²) in [6.45, 7) is 6.43. The van der Waals surface area contributed by atoms with Gasteiger partial charge < -0.3 is 11.1 Å². The summed E-state index contributed by atoms with van der Waals surface area (Å²) in [6.07, 6.45) is 1.43. The Balaban J connectivity index is 2.34. The van der Waals surface area contributed by atoms with Crippen LogP contribution in [0.2, 0.25) is 5.02 Å². The second-order valence-electron chi connectivity index (χ2n) is 6.27. The Morgan fingerprint density at radius 1 is 1.27 bits per heavy atom. The van der Waals surface area contributed by atoms with Gasteiger partial charge >= 0.3 is 0 Å². The number of hydrogen-bond acceptors (Lipinski definition) is 3. The van der Waals surface area contributed by atoms with Crippen molar-refractivity contribution >= 4 is 23.3 Å². The molecule has 1 amide bonds. The average Bonchev–Trinajstić information content (AvgIpc) is 2.45. The average molecular weight is 318 g/mol. The van der Waals surface area contributed by atoms with Gasteiger partial charge in [-0.2, -0.15) is 0 Å². The summed E-state index contributed by atoms with van der Waals surface area (Å²) in [5, 5.41) is 3.75. The first kappa shape index (κ1) is 16.3. The Hall–Kier alpha value is -2.07. The number of nitrogens with two attached hydrogens (primary N) is 1. The minimum Gasteiger partial charge on any atom is -0.366 e. The molecule has 0 radical (unpaired) electrons. The van der Waals surface area contributed by atoms with Crippen LogP contribution in [0, 0.1) is 5.41 Å². The van der Waals surface area contributed by atoms with Crippen LogP contribution >= 0.6 is 11.6 Å². The molecule has 1 aromatic carbocycles. The minimum absolute atomic E-state index is 0.0260. The highest BCUT2D eigenvalue weighted by molar-refractivity contribution is 6.33. The lowest BCUT2D eigenvalue weighted by atomic mass is 9.82. The summed E-state index contributed by atoms with van der Waals surface area (Å²) >= 11 is 6.22. The largest absolute Gasteiger partial charge is 0.366 e. The smallest absolute Gasteiger partial charge is 0.250 e. The molecule has 0 aliphatic carbocycles. The van der Waals surface area contributed by atoms with Crippen molar-refractivity contribution in [2.24, 2.45) is 11.1 Å². The molecule has 3 N–H and O–H groups in total. The highest BCUT2D eigenvalue weighted by atomic mass is 35.5. The van der Waals surface area contributed by atoms with Gasteiger partial charge in [-0.15, -0.1) is 0 Å². The molecule has 1 heterocycles. The van der Waals surface area contributed by atoms with Crippen LogP contribution in [0.5, 0.6) is 0 Å². The number of hydrogen-bond donors (Lipinski definition) is 2. The van der Waals surface area contributed by atoms with E-state index >= 15 is 0 Å². The van der Waals surface area contributed by atoms with Gasteiger partial charge in [-0.05, 0) is 17.0 Å². The van der Waals surface area contributed by atoms with Crippen molar-refractivity contribution in [1.82, 2.24) is 4.98 Å². The van der Waals surface area contributed by atoms with E-state index in [1.54, 1.807) is 0 Å². The molecule has 0 saturated carbocycles. The molecule has 1 atom stereocenters. The highest BCUT2D eigenvalue weighted by Crippen LogP contribution is 2.36. The molecule has 0 aliphatic heterocycles. The maximum Gasteiger partial charge on any atom is 0.250 e. The molecule has 22 heavy (non-hydrogen) atoms. The van der Waals surface area contributed by atoms with Gasteiger partial charge in [0, 0.05) is 6.20 Å². The molecule has 4 nitrogen and oxygen atoms in total. The second-order valence-corrected chi connectivity index (χ2v) is 6.68. The number of benzene rings is 1. The minimum atomic E-state index is -0.545. The van der Waals surface area contributed by atoms with E-state index in [0.717, 1.165) is 5.56 Å². The van der Waals surface area contributed by atoms with Crippen LogP contribution in [0.3, 0.4) is 0 Å². The second kappa shape index (κ2) is 6.36. The number of rotatable bonds is 4. The number of halogens is 1. The third-order valence-electron chi connectivity index (χ3n) is 3.41. The Bertz CT molecular complexity index is 665. The molecule has 2 rings (SSSR count). The van der Waals surface area contributed by atoms with Gasteiger partial charge in [-0.25, -0.2) is 4.98 Å². The number of carbonyl (C=O) groups excluding carboxylic acids is 1. The van der Waals surface area contributed by atoms with E-state index < -0.39 is 5.91 Å². The van der Waals surface area contributed by atoms with Crippen molar-refractivity contribution in [3.8, 4) is 0 Å². The fraction of sp³-hybridized carbons (Fsp3) is 0.294. The zero-order valence-corrected chi connectivity index (χ0v) is 13.7. The zero-order chi connectivity index (χ0) is 16.3. The van der Waals surface area contributed by atoms with Gasteiger partial charge in [0.1, 0.15) is 5.82 Å². The van der Waals surface area contributed by atoms with Crippen molar-refractivity contribution in [2.45, 2.75) is 26.8 Å². The third kappa shape index (κ3) is 3.77. The van der Waals surface area contributed by atoms with Crippen molar-refractivity contribution in [3.05, 3.63) is 58.7 Å². The van der Waals surface area contributed by atoms with Gasteiger partial charge in [0.15, 0.2) is 0 Å². The SMILES string of the molecule is CC(C)(C)C(Nc1ncc(C(N)=O)cc1Cl)c1ccccc1. The van der Waals surface area contributed by atoms with Gasteiger partial charge in [0.2, 0.25) is 5.91 Å². The molecule has 5 heteroatoms. The van der Waals surface area contributed by atoms with Crippen LogP contribution in [0.15, 0.2) is 42.6 Å². The number of aromatic nitrogens is 1. The molecular formula is C17H20ClN3O. The fourth-order valence-electron chi connectivity index (χ4n) is 2.26. The molecule has 0 bridgehead atoms. The number of nitrogens with zero attached hydrogens (tertiary/aromatic N) is 1. The van der Waals surface area contributed by atoms with Gasteiger partial charge in [-0.1, -0.05) is 62.7 Å². The lowest BCUT2D eigenvalue weighted by Gasteiger charge is -2.32. The maximum absolute atomic E-state index is 11.2. The van der Waals surface area contributed by atoms with Crippen LogP contribution in [0.25, 0.3) is 0 Å². The number of nitrogens with one attached hydrogen (secondary N) is 1. The molecule has 0 spiro atoms.